The summed E-state index contributed by atoms with van der Waals surface area (Å²) in [7, 11) is 0. The minimum Gasteiger partial charge on any atom is -0.487 e. The van der Waals surface area contributed by atoms with Crippen molar-refractivity contribution in [3.63, 3.8) is 0 Å². The fourth-order valence-corrected chi connectivity index (χ4v) is 2.89. The lowest BCUT2D eigenvalue weighted by molar-refractivity contribution is 0.278. The number of nitrogens with two attached hydrogens (primary N) is 1. The quantitative estimate of drug-likeness (QED) is 0.902. The molecule has 0 saturated carbocycles. The number of rotatable bonds is 3. The monoisotopic (exact) mass is 255 g/mol. The Morgan fingerprint density at radius 1 is 1.41 bits per heavy atom. The Morgan fingerprint density at radius 2 is 2.06 bits per heavy atom. The average Bonchev–Trinajstić information content (AvgIpc) is 2.62. The number of anilines is 2. The van der Waals surface area contributed by atoms with E-state index in [0.29, 0.717) is 17.8 Å². The fraction of sp³-hybridized carbons (Fsp3) is 0.750. The van der Waals surface area contributed by atoms with Crippen LogP contribution in [-0.4, -0.2) is 24.1 Å². The van der Waals surface area contributed by atoms with Crippen LogP contribution in [0.2, 0.25) is 0 Å². The maximum absolute atomic E-state index is 5.84. The van der Waals surface area contributed by atoms with Gasteiger partial charge in [0.2, 0.25) is 0 Å². The van der Waals surface area contributed by atoms with Gasteiger partial charge in [-0.3, -0.25) is 0 Å². The first-order valence-electron chi connectivity index (χ1n) is 6.16. The summed E-state index contributed by atoms with van der Waals surface area (Å²) in [6, 6.07) is 0. The summed E-state index contributed by atoms with van der Waals surface area (Å²) in [4.78, 5) is 2.35. The molecule has 5 heteroatoms. The second kappa shape index (κ2) is 4.72. The maximum atomic E-state index is 5.84. The topological polar surface area (TPSA) is 51.4 Å². The lowest BCUT2D eigenvalue weighted by Crippen LogP contribution is -2.37. The van der Waals surface area contributed by atoms with Gasteiger partial charge in [-0.2, -0.15) is 4.37 Å². The third-order valence-electron chi connectivity index (χ3n) is 3.35. The molecule has 1 aromatic rings. The first kappa shape index (κ1) is 12.5. The van der Waals surface area contributed by atoms with Gasteiger partial charge in [0.1, 0.15) is 0 Å². The van der Waals surface area contributed by atoms with E-state index in [0.717, 1.165) is 23.8 Å². The van der Waals surface area contributed by atoms with E-state index in [-0.39, 0.29) is 0 Å². The zero-order chi connectivity index (χ0) is 12.5. The van der Waals surface area contributed by atoms with Crippen LogP contribution < -0.4 is 15.4 Å². The zero-order valence-electron chi connectivity index (χ0n) is 10.8. The average molecular weight is 255 g/mol. The summed E-state index contributed by atoms with van der Waals surface area (Å²) >= 11 is 1.45. The lowest BCUT2D eigenvalue weighted by atomic mass is 9.83. The van der Waals surface area contributed by atoms with E-state index in [4.69, 9.17) is 10.5 Å². The lowest BCUT2D eigenvalue weighted by Gasteiger charge is -2.37. The van der Waals surface area contributed by atoms with E-state index in [1.807, 2.05) is 6.92 Å². The van der Waals surface area contributed by atoms with Crippen molar-refractivity contribution in [2.45, 2.75) is 33.6 Å². The molecule has 0 aromatic carbocycles. The molecule has 0 aliphatic carbocycles. The van der Waals surface area contributed by atoms with Crippen LogP contribution in [0.5, 0.6) is 5.75 Å². The van der Waals surface area contributed by atoms with Gasteiger partial charge < -0.3 is 15.4 Å². The number of nitrogens with zero attached hydrogens (tertiary/aromatic N) is 2. The molecule has 0 unspecified atom stereocenters. The highest BCUT2D eigenvalue weighted by Crippen LogP contribution is 2.41. The van der Waals surface area contributed by atoms with Gasteiger partial charge in [0.15, 0.2) is 16.6 Å². The van der Waals surface area contributed by atoms with Crippen molar-refractivity contribution >= 4 is 22.4 Å². The van der Waals surface area contributed by atoms with E-state index in [9.17, 15) is 0 Å². The van der Waals surface area contributed by atoms with Gasteiger partial charge in [0, 0.05) is 13.1 Å². The molecule has 1 saturated heterocycles. The molecule has 17 heavy (non-hydrogen) atoms. The van der Waals surface area contributed by atoms with Gasteiger partial charge in [-0.1, -0.05) is 13.8 Å². The van der Waals surface area contributed by atoms with Crippen molar-refractivity contribution in [2.24, 2.45) is 5.41 Å². The molecular weight excluding hydrogens is 234 g/mol. The van der Waals surface area contributed by atoms with Crippen LogP contribution in [0, 0.1) is 5.41 Å². The molecule has 2 N–H and O–H groups in total. The number of hydrogen-bond acceptors (Lipinski definition) is 5. The maximum Gasteiger partial charge on any atom is 0.197 e. The van der Waals surface area contributed by atoms with Crippen LogP contribution in [0.4, 0.5) is 10.8 Å². The Balaban J connectivity index is 2.13. The summed E-state index contributed by atoms with van der Waals surface area (Å²) in [6.07, 6.45) is 2.41. The van der Waals surface area contributed by atoms with Crippen molar-refractivity contribution in [1.82, 2.24) is 4.37 Å². The van der Waals surface area contributed by atoms with Gasteiger partial charge >= 0.3 is 0 Å². The van der Waals surface area contributed by atoms with E-state index < -0.39 is 0 Å². The third kappa shape index (κ3) is 2.65. The van der Waals surface area contributed by atoms with Crippen LogP contribution in [0.15, 0.2) is 0 Å². The first-order chi connectivity index (χ1) is 8.03. The summed E-state index contributed by atoms with van der Waals surface area (Å²) < 4.78 is 9.79. The van der Waals surface area contributed by atoms with E-state index in [2.05, 4.69) is 23.1 Å². The molecule has 1 aliphatic rings. The Kier molecular flexibility index (Phi) is 3.47. The van der Waals surface area contributed by atoms with Crippen LogP contribution in [0.1, 0.15) is 33.6 Å². The van der Waals surface area contributed by atoms with Crippen molar-refractivity contribution < 1.29 is 4.74 Å². The number of piperidine rings is 1. The number of hydrogen-bond donors (Lipinski definition) is 1. The van der Waals surface area contributed by atoms with Gasteiger partial charge in [-0.15, -0.1) is 0 Å². The van der Waals surface area contributed by atoms with Gasteiger partial charge in [-0.05, 0) is 36.7 Å². The smallest absolute Gasteiger partial charge is 0.197 e. The minimum absolute atomic E-state index is 0.457. The molecule has 1 aromatic heterocycles. The largest absolute Gasteiger partial charge is 0.487 e. The number of nitrogen functional groups attached to an aromatic ring is 1. The van der Waals surface area contributed by atoms with E-state index in [1.165, 1.54) is 24.4 Å². The molecule has 2 rings (SSSR count). The minimum atomic E-state index is 0.457. The standard InChI is InChI=1S/C12H21N3OS/c1-4-16-9-10(13)14-17-11(9)15-7-5-12(2,3)6-8-15/h4-8H2,1-3H3,(H2,13,14). The third-order valence-corrected chi connectivity index (χ3v) is 4.25. The Labute approximate surface area is 107 Å². The molecule has 0 radical (unpaired) electrons. The molecule has 0 spiro atoms. The van der Waals surface area contributed by atoms with Crippen molar-refractivity contribution in [3.8, 4) is 5.75 Å². The summed E-state index contributed by atoms with van der Waals surface area (Å²) in [5, 5.41) is 1.10. The molecule has 1 aliphatic heterocycles. The van der Waals surface area contributed by atoms with Gasteiger partial charge in [0.05, 0.1) is 6.61 Å². The SMILES string of the molecule is CCOc1c(N)nsc1N1CCC(C)(C)CC1. The Hall–Kier alpha value is -0.970. The fourth-order valence-electron chi connectivity index (χ4n) is 2.08. The highest BCUT2D eigenvalue weighted by Gasteiger charge is 2.28. The van der Waals surface area contributed by atoms with Crippen molar-refractivity contribution in [3.05, 3.63) is 0 Å². The predicted molar refractivity (Wildman–Crippen MR) is 72.9 cm³/mol. The normalized spacial score (nSPS) is 19.4. The summed E-state index contributed by atoms with van der Waals surface area (Å²) in [6.45, 7) is 9.39. The van der Waals surface area contributed by atoms with Crippen LogP contribution >= 0.6 is 11.5 Å². The molecule has 4 nitrogen and oxygen atoms in total. The molecular formula is C12H21N3OS. The van der Waals surface area contributed by atoms with Crippen molar-refractivity contribution in [2.75, 3.05) is 30.3 Å². The molecule has 96 valence electrons. The first-order valence-corrected chi connectivity index (χ1v) is 6.94. The van der Waals surface area contributed by atoms with Gasteiger partial charge in [-0.25, -0.2) is 0 Å². The van der Waals surface area contributed by atoms with Crippen LogP contribution in [0.25, 0.3) is 0 Å². The molecule has 0 bridgehead atoms. The van der Waals surface area contributed by atoms with Crippen LogP contribution in [-0.2, 0) is 0 Å². The highest BCUT2D eigenvalue weighted by atomic mass is 32.1. The van der Waals surface area contributed by atoms with Gasteiger partial charge in [0.25, 0.3) is 0 Å². The highest BCUT2D eigenvalue weighted by molar-refractivity contribution is 7.11. The number of aromatic nitrogens is 1. The Morgan fingerprint density at radius 3 is 2.65 bits per heavy atom. The second-order valence-corrected chi connectivity index (χ2v) is 6.04. The van der Waals surface area contributed by atoms with E-state index in [1.54, 1.807) is 0 Å². The second-order valence-electron chi connectivity index (χ2n) is 5.29. The molecule has 2 heterocycles. The summed E-state index contributed by atoms with van der Waals surface area (Å²) in [5.74, 6) is 1.30. The predicted octanol–water partition coefficient (Wildman–Crippen LogP) is 2.75. The van der Waals surface area contributed by atoms with E-state index >= 15 is 0 Å². The molecule has 0 atom stereocenters. The van der Waals surface area contributed by atoms with Crippen molar-refractivity contribution in [1.29, 1.82) is 0 Å². The summed E-state index contributed by atoms with van der Waals surface area (Å²) in [5.41, 5.74) is 6.29. The number of ether oxygens (including phenoxy) is 1. The van der Waals surface area contributed by atoms with Crippen LogP contribution in [0.3, 0.4) is 0 Å². The molecule has 0 amide bonds. The Bertz CT molecular complexity index is 379. The zero-order valence-corrected chi connectivity index (χ0v) is 11.6. The molecule has 1 fully saturated rings.